The zero-order chi connectivity index (χ0) is 14.6. The Morgan fingerprint density at radius 2 is 1.79 bits per heavy atom. The van der Waals surface area contributed by atoms with E-state index in [9.17, 15) is 4.79 Å². The Labute approximate surface area is 113 Å². The van der Waals surface area contributed by atoms with Gasteiger partial charge in [0, 0.05) is 0 Å². The molecule has 5 heteroatoms. The molecule has 1 unspecified atom stereocenters. The van der Waals surface area contributed by atoms with Crippen LogP contribution in [0.5, 0.6) is 11.5 Å². The number of benzene rings is 1. The molecule has 1 atom stereocenters. The van der Waals surface area contributed by atoms with Crippen LogP contribution in [0.2, 0.25) is 0 Å². The normalized spacial score (nSPS) is 12.3. The number of aliphatic carboxylic acids is 1. The number of carboxylic acids is 1. The van der Waals surface area contributed by atoms with Crippen LogP contribution in [0, 0.1) is 0 Å². The summed E-state index contributed by atoms with van der Waals surface area (Å²) in [5.74, 6) is 0.457. The number of ether oxygens (including phenoxy) is 2. The quantitative estimate of drug-likeness (QED) is 0.821. The maximum Gasteiger partial charge on any atom is 0.320 e. The van der Waals surface area contributed by atoms with Gasteiger partial charge in [-0.25, -0.2) is 0 Å². The van der Waals surface area contributed by atoms with E-state index >= 15 is 0 Å². The molecule has 5 nitrogen and oxygen atoms in total. The van der Waals surface area contributed by atoms with E-state index in [1.807, 2.05) is 19.9 Å². The molecule has 0 aliphatic heterocycles. The summed E-state index contributed by atoms with van der Waals surface area (Å²) in [7, 11) is 3.12. The molecule has 19 heavy (non-hydrogen) atoms. The summed E-state index contributed by atoms with van der Waals surface area (Å²) in [6, 6.07) is 2.76. The first kappa shape index (κ1) is 15.3. The van der Waals surface area contributed by atoms with Gasteiger partial charge in [-0.15, -0.1) is 0 Å². The summed E-state index contributed by atoms with van der Waals surface area (Å²) >= 11 is 0. The van der Waals surface area contributed by atoms with Gasteiger partial charge in [-0.05, 0) is 35.6 Å². The summed E-state index contributed by atoms with van der Waals surface area (Å²) in [5, 5.41) is 8.92. The Hall–Kier alpha value is -1.75. The van der Waals surface area contributed by atoms with E-state index in [1.54, 1.807) is 20.3 Å². The van der Waals surface area contributed by atoms with E-state index in [0.717, 1.165) is 11.1 Å². The van der Waals surface area contributed by atoms with Crippen molar-refractivity contribution in [2.75, 3.05) is 14.2 Å². The fourth-order valence-electron chi connectivity index (χ4n) is 1.98. The molecule has 0 saturated heterocycles. The molecule has 0 fully saturated rings. The fourth-order valence-corrected chi connectivity index (χ4v) is 1.98. The van der Waals surface area contributed by atoms with Crippen LogP contribution < -0.4 is 15.2 Å². The summed E-state index contributed by atoms with van der Waals surface area (Å²) in [4.78, 5) is 10.9. The topological polar surface area (TPSA) is 81.8 Å². The summed E-state index contributed by atoms with van der Waals surface area (Å²) in [6.07, 6.45) is 0.267. The Kier molecular flexibility index (Phi) is 5.18. The van der Waals surface area contributed by atoms with Crippen LogP contribution in [0.1, 0.15) is 30.9 Å². The molecule has 0 spiro atoms. The van der Waals surface area contributed by atoms with Gasteiger partial charge in [0.05, 0.1) is 14.2 Å². The summed E-state index contributed by atoms with van der Waals surface area (Å²) < 4.78 is 10.5. The average Bonchev–Trinajstić information content (AvgIpc) is 2.37. The first-order valence-electron chi connectivity index (χ1n) is 6.13. The molecule has 0 bridgehead atoms. The minimum atomic E-state index is -1.01. The summed E-state index contributed by atoms with van der Waals surface area (Å²) in [6.45, 7) is 4.08. The number of methoxy groups -OCH3 is 2. The SMILES string of the molecule is COc1cc(CC(N)C(=O)O)c(C(C)C)cc1OC. The van der Waals surface area contributed by atoms with Crippen molar-refractivity contribution in [3.8, 4) is 11.5 Å². The number of hydrogen-bond acceptors (Lipinski definition) is 4. The van der Waals surface area contributed by atoms with Gasteiger partial charge in [-0.1, -0.05) is 13.8 Å². The van der Waals surface area contributed by atoms with Crippen LogP contribution in [-0.2, 0) is 11.2 Å². The van der Waals surface area contributed by atoms with Crippen molar-refractivity contribution in [1.29, 1.82) is 0 Å². The van der Waals surface area contributed by atoms with Crippen molar-refractivity contribution in [2.24, 2.45) is 5.73 Å². The van der Waals surface area contributed by atoms with Crippen molar-refractivity contribution in [3.63, 3.8) is 0 Å². The smallest absolute Gasteiger partial charge is 0.320 e. The monoisotopic (exact) mass is 267 g/mol. The van der Waals surface area contributed by atoms with E-state index in [2.05, 4.69) is 0 Å². The number of hydrogen-bond donors (Lipinski definition) is 2. The van der Waals surface area contributed by atoms with Gasteiger partial charge in [0.1, 0.15) is 6.04 Å². The average molecular weight is 267 g/mol. The second-order valence-corrected chi connectivity index (χ2v) is 4.71. The highest BCUT2D eigenvalue weighted by Gasteiger charge is 2.18. The second kappa shape index (κ2) is 6.43. The molecule has 0 radical (unpaired) electrons. The lowest BCUT2D eigenvalue weighted by Gasteiger charge is -2.18. The van der Waals surface area contributed by atoms with E-state index in [-0.39, 0.29) is 12.3 Å². The zero-order valence-corrected chi connectivity index (χ0v) is 11.8. The van der Waals surface area contributed by atoms with E-state index in [0.29, 0.717) is 11.5 Å². The van der Waals surface area contributed by atoms with Crippen molar-refractivity contribution < 1.29 is 19.4 Å². The van der Waals surface area contributed by atoms with Gasteiger partial charge < -0.3 is 20.3 Å². The largest absolute Gasteiger partial charge is 0.493 e. The molecule has 0 aromatic heterocycles. The minimum absolute atomic E-state index is 0.246. The molecule has 0 aliphatic rings. The van der Waals surface area contributed by atoms with Crippen LogP contribution in [0.4, 0.5) is 0 Å². The fraction of sp³-hybridized carbons (Fsp3) is 0.500. The lowest BCUT2D eigenvalue weighted by molar-refractivity contribution is -0.138. The van der Waals surface area contributed by atoms with Crippen LogP contribution in [0.3, 0.4) is 0 Å². The van der Waals surface area contributed by atoms with Crippen molar-refractivity contribution in [1.82, 2.24) is 0 Å². The highest BCUT2D eigenvalue weighted by molar-refractivity contribution is 5.73. The molecule has 0 heterocycles. The lowest BCUT2D eigenvalue weighted by atomic mass is 9.92. The summed E-state index contributed by atoms with van der Waals surface area (Å²) in [5.41, 5.74) is 7.51. The molecule has 3 N–H and O–H groups in total. The Morgan fingerprint density at radius 1 is 1.26 bits per heavy atom. The van der Waals surface area contributed by atoms with Gasteiger partial charge in [-0.2, -0.15) is 0 Å². The third kappa shape index (κ3) is 3.61. The first-order chi connectivity index (χ1) is 8.90. The highest BCUT2D eigenvalue weighted by atomic mass is 16.5. The second-order valence-electron chi connectivity index (χ2n) is 4.71. The molecular weight excluding hydrogens is 246 g/mol. The number of rotatable bonds is 6. The third-order valence-electron chi connectivity index (χ3n) is 3.02. The lowest BCUT2D eigenvalue weighted by Crippen LogP contribution is -2.32. The van der Waals surface area contributed by atoms with Gasteiger partial charge in [0.15, 0.2) is 11.5 Å². The van der Waals surface area contributed by atoms with Crippen LogP contribution in [-0.4, -0.2) is 31.3 Å². The molecule has 0 amide bonds. The number of carboxylic acid groups (broad SMARTS) is 1. The van der Waals surface area contributed by atoms with Crippen molar-refractivity contribution in [3.05, 3.63) is 23.3 Å². The highest BCUT2D eigenvalue weighted by Crippen LogP contribution is 2.34. The first-order valence-corrected chi connectivity index (χ1v) is 6.13. The van der Waals surface area contributed by atoms with Crippen molar-refractivity contribution in [2.45, 2.75) is 32.2 Å². The van der Waals surface area contributed by atoms with Gasteiger partial charge in [0.25, 0.3) is 0 Å². The Morgan fingerprint density at radius 3 is 2.21 bits per heavy atom. The maximum atomic E-state index is 10.9. The van der Waals surface area contributed by atoms with E-state index in [1.165, 1.54) is 0 Å². The Bertz CT molecular complexity index is 457. The molecule has 1 rings (SSSR count). The van der Waals surface area contributed by atoms with E-state index in [4.69, 9.17) is 20.3 Å². The van der Waals surface area contributed by atoms with Crippen LogP contribution in [0.25, 0.3) is 0 Å². The maximum absolute atomic E-state index is 10.9. The van der Waals surface area contributed by atoms with Crippen molar-refractivity contribution >= 4 is 5.97 Å². The molecule has 106 valence electrons. The predicted molar refractivity (Wildman–Crippen MR) is 73.0 cm³/mol. The van der Waals surface area contributed by atoms with E-state index < -0.39 is 12.0 Å². The number of nitrogens with two attached hydrogens (primary N) is 1. The standard InChI is InChI=1S/C14H21NO4/c1-8(2)10-7-13(19-4)12(18-3)6-9(10)5-11(15)14(16)17/h6-8,11H,5,15H2,1-4H3,(H,16,17). The van der Waals surface area contributed by atoms with Gasteiger partial charge >= 0.3 is 5.97 Å². The molecule has 1 aromatic carbocycles. The molecule has 1 aromatic rings. The van der Waals surface area contributed by atoms with Crippen LogP contribution in [0.15, 0.2) is 12.1 Å². The third-order valence-corrected chi connectivity index (χ3v) is 3.02. The predicted octanol–water partition coefficient (Wildman–Crippen LogP) is 1.78. The molecule has 0 aliphatic carbocycles. The van der Waals surface area contributed by atoms with Gasteiger partial charge in [-0.3, -0.25) is 4.79 Å². The number of carbonyl (C=O) groups is 1. The van der Waals surface area contributed by atoms with Crippen LogP contribution >= 0.6 is 0 Å². The molecular formula is C14H21NO4. The molecule has 0 saturated carbocycles. The van der Waals surface area contributed by atoms with Gasteiger partial charge in [0.2, 0.25) is 0 Å². The zero-order valence-electron chi connectivity index (χ0n) is 11.8. The Balaban J connectivity index is 3.23. The minimum Gasteiger partial charge on any atom is -0.493 e.